The summed E-state index contributed by atoms with van der Waals surface area (Å²) in [6.07, 6.45) is 2.09. The van der Waals surface area contributed by atoms with Crippen molar-refractivity contribution in [2.24, 2.45) is 5.73 Å². The molecule has 106 valence electrons. The van der Waals surface area contributed by atoms with Gasteiger partial charge < -0.3 is 15.2 Å². The van der Waals surface area contributed by atoms with Crippen LogP contribution in [0.2, 0.25) is 0 Å². The monoisotopic (exact) mass is 332 g/mol. The first kappa shape index (κ1) is 15.9. The SMILES string of the molecule is CCCCOCCOc1ccc(C(=N)N)c(Br)c1F. The largest absolute Gasteiger partial charge is 0.488 e. The van der Waals surface area contributed by atoms with Gasteiger partial charge in [0.25, 0.3) is 0 Å². The number of benzene rings is 1. The molecule has 0 atom stereocenters. The highest BCUT2D eigenvalue weighted by Crippen LogP contribution is 2.28. The lowest BCUT2D eigenvalue weighted by Gasteiger charge is -2.10. The molecule has 1 aromatic carbocycles. The first-order valence-corrected chi connectivity index (χ1v) is 6.90. The minimum atomic E-state index is -0.554. The van der Waals surface area contributed by atoms with Crippen LogP contribution in [0.4, 0.5) is 4.39 Å². The van der Waals surface area contributed by atoms with Crippen molar-refractivity contribution in [3.05, 3.63) is 28.0 Å². The van der Waals surface area contributed by atoms with Gasteiger partial charge in [0.2, 0.25) is 0 Å². The minimum Gasteiger partial charge on any atom is -0.488 e. The van der Waals surface area contributed by atoms with Gasteiger partial charge in [-0.2, -0.15) is 0 Å². The number of ether oxygens (including phenoxy) is 2. The van der Waals surface area contributed by atoms with Gasteiger partial charge in [0.1, 0.15) is 12.4 Å². The maximum atomic E-state index is 13.9. The molecule has 0 heterocycles. The van der Waals surface area contributed by atoms with Gasteiger partial charge in [-0.1, -0.05) is 13.3 Å². The molecule has 0 radical (unpaired) electrons. The number of rotatable bonds is 8. The fourth-order valence-electron chi connectivity index (χ4n) is 1.41. The first-order valence-electron chi connectivity index (χ1n) is 6.10. The normalized spacial score (nSPS) is 10.5. The Morgan fingerprint density at radius 1 is 1.37 bits per heavy atom. The number of hydrogen-bond acceptors (Lipinski definition) is 3. The van der Waals surface area contributed by atoms with Gasteiger partial charge in [-0.15, -0.1) is 0 Å². The van der Waals surface area contributed by atoms with Crippen LogP contribution in [-0.2, 0) is 4.74 Å². The number of nitrogens with one attached hydrogen (secondary N) is 1. The fraction of sp³-hybridized carbons (Fsp3) is 0.462. The molecule has 0 fully saturated rings. The van der Waals surface area contributed by atoms with Crippen LogP contribution >= 0.6 is 15.9 Å². The zero-order chi connectivity index (χ0) is 14.3. The second-order valence-corrected chi connectivity index (χ2v) is 4.76. The van der Waals surface area contributed by atoms with E-state index in [0.29, 0.717) is 18.8 Å². The summed E-state index contributed by atoms with van der Waals surface area (Å²) in [5.74, 6) is -0.627. The van der Waals surface area contributed by atoms with Gasteiger partial charge in [0, 0.05) is 12.2 Å². The van der Waals surface area contributed by atoms with Crippen LogP contribution in [0.25, 0.3) is 0 Å². The summed E-state index contributed by atoms with van der Waals surface area (Å²) < 4.78 is 24.6. The molecule has 0 spiro atoms. The highest BCUT2D eigenvalue weighted by molar-refractivity contribution is 9.10. The summed E-state index contributed by atoms with van der Waals surface area (Å²) in [4.78, 5) is 0. The Balaban J connectivity index is 2.51. The third-order valence-corrected chi connectivity index (χ3v) is 3.24. The molecule has 0 aliphatic heterocycles. The van der Waals surface area contributed by atoms with Crippen molar-refractivity contribution in [1.29, 1.82) is 5.41 Å². The third-order valence-electron chi connectivity index (χ3n) is 2.46. The second-order valence-electron chi connectivity index (χ2n) is 3.97. The Labute approximate surface area is 120 Å². The Morgan fingerprint density at radius 2 is 2.11 bits per heavy atom. The van der Waals surface area contributed by atoms with E-state index in [2.05, 4.69) is 22.9 Å². The summed E-state index contributed by atoms with van der Waals surface area (Å²) in [7, 11) is 0. The predicted molar refractivity (Wildman–Crippen MR) is 76.3 cm³/mol. The Bertz CT molecular complexity index is 441. The van der Waals surface area contributed by atoms with E-state index in [9.17, 15) is 4.39 Å². The predicted octanol–water partition coefficient (Wildman–Crippen LogP) is 3.07. The molecule has 0 saturated carbocycles. The fourth-order valence-corrected chi connectivity index (χ4v) is 1.95. The zero-order valence-electron chi connectivity index (χ0n) is 10.8. The molecule has 1 rings (SSSR count). The topological polar surface area (TPSA) is 68.3 Å². The van der Waals surface area contributed by atoms with Crippen molar-refractivity contribution in [1.82, 2.24) is 0 Å². The molecule has 6 heteroatoms. The van der Waals surface area contributed by atoms with E-state index in [1.807, 2.05) is 0 Å². The van der Waals surface area contributed by atoms with Gasteiger partial charge in [0.15, 0.2) is 11.6 Å². The van der Waals surface area contributed by atoms with Crippen LogP contribution in [0.3, 0.4) is 0 Å². The van der Waals surface area contributed by atoms with E-state index in [-0.39, 0.29) is 22.7 Å². The van der Waals surface area contributed by atoms with Crippen molar-refractivity contribution >= 4 is 21.8 Å². The molecule has 0 aromatic heterocycles. The van der Waals surface area contributed by atoms with Crippen molar-refractivity contribution in [2.75, 3.05) is 19.8 Å². The molecule has 3 N–H and O–H groups in total. The molecule has 0 aliphatic carbocycles. The van der Waals surface area contributed by atoms with Crippen LogP contribution in [0.15, 0.2) is 16.6 Å². The molecule has 19 heavy (non-hydrogen) atoms. The average molecular weight is 333 g/mol. The lowest BCUT2D eigenvalue weighted by Crippen LogP contribution is -2.13. The van der Waals surface area contributed by atoms with Crippen LogP contribution in [0, 0.1) is 11.2 Å². The van der Waals surface area contributed by atoms with Crippen LogP contribution in [0.1, 0.15) is 25.3 Å². The van der Waals surface area contributed by atoms with Gasteiger partial charge in [-0.25, -0.2) is 4.39 Å². The second kappa shape index (κ2) is 8.12. The molecule has 0 bridgehead atoms. The number of unbranched alkanes of at least 4 members (excludes halogenated alkanes) is 1. The third kappa shape index (κ3) is 4.80. The van der Waals surface area contributed by atoms with Crippen molar-refractivity contribution in [2.45, 2.75) is 19.8 Å². The lowest BCUT2D eigenvalue weighted by molar-refractivity contribution is 0.0966. The quantitative estimate of drug-likeness (QED) is 0.436. The number of nitrogens with two attached hydrogens (primary N) is 1. The Kier molecular flexibility index (Phi) is 6.80. The summed E-state index contributed by atoms with van der Waals surface area (Å²) in [5, 5.41) is 7.30. The van der Waals surface area contributed by atoms with Crippen LogP contribution in [0.5, 0.6) is 5.75 Å². The highest BCUT2D eigenvalue weighted by Gasteiger charge is 2.13. The van der Waals surface area contributed by atoms with E-state index >= 15 is 0 Å². The Morgan fingerprint density at radius 3 is 2.74 bits per heavy atom. The van der Waals surface area contributed by atoms with E-state index in [4.69, 9.17) is 20.6 Å². The Hall–Kier alpha value is -1.14. The lowest BCUT2D eigenvalue weighted by atomic mass is 10.2. The number of hydrogen-bond donors (Lipinski definition) is 2. The molecule has 0 unspecified atom stereocenters. The molecule has 4 nitrogen and oxygen atoms in total. The maximum Gasteiger partial charge on any atom is 0.179 e. The smallest absolute Gasteiger partial charge is 0.179 e. The van der Waals surface area contributed by atoms with Gasteiger partial charge in [-0.3, -0.25) is 5.41 Å². The van der Waals surface area contributed by atoms with Crippen molar-refractivity contribution in [3.8, 4) is 5.75 Å². The molecule has 0 aliphatic rings. The first-order chi connectivity index (χ1) is 9.07. The van der Waals surface area contributed by atoms with E-state index in [1.165, 1.54) is 6.07 Å². The van der Waals surface area contributed by atoms with Crippen LogP contribution < -0.4 is 10.5 Å². The summed E-state index contributed by atoms with van der Waals surface area (Å²) >= 11 is 3.07. The molecular weight excluding hydrogens is 315 g/mol. The summed E-state index contributed by atoms with van der Waals surface area (Å²) in [5.41, 5.74) is 5.64. The van der Waals surface area contributed by atoms with Crippen molar-refractivity contribution in [3.63, 3.8) is 0 Å². The standard InChI is InChI=1S/C13H18BrFN2O2/c1-2-3-6-18-7-8-19-10-5-4-9(13(16)17)11(14)12(10)15/h4-5H,2-3,6-8H2,1H3,(H3,16,17). The molecular formula is C13H18BrFN2O2. The summed E-state index contributed by atoms with van der Waals surface area (Å²) in [6, 6.07) is 3.01. The van der Waals surface area contributed by atoms with Crippen molar-refractivity contribution < 1.29 is 13.9 Å². The van der Waals surface area contributed by atoms with Gasteiger partial charge in [0.05, 0.1) is 11.1 Å². The zero-order valence-corrected chi connectivity index (χ0v) is 12.4. The summed E-state index contributed by atoms with van der Waals surface area (Å²) in [6.45, 7) is 3.48. The van der Waals surface area contributed by atoms with E-state index in [0.717, 1.165) is 12.8 Å². The maximum absolute atomic E-state index is 13.9. The van der Waals surface area contributed by atoms with Gasteiger partial charge in [-0.05, 0) is 34.5 Å². The van der Waals surface area contributed by atoms with E-state index < -0.39 is 5.82 Å². The molecule has 0 amide bonds. The minimum absolute atomic E-state index is 0.121. The number of amidine groups is 1. The van der Waals surface area contributed by atoms with Gasteiger partial charge >= 0.3 is 0 Å². The average Bonchev–Trinajstić information content (AvgIpc) is 2.38. The molecule has 0 saturated heterocycles. The van der Waals surface area contributed by atoms with Crippen LogP contribution in [-0.4, -0.2) is 25.7 Å². The number of halogens is 2. The number of nitrogen functional groups attached to an aromatic ring is 1. The molecule has 1 aromatic rings. The van der Waals surface area contributed by atoms with E-state index in [1.54, 1.807) is 6.07 Å². The highest BCUT2D eigenvalue weighted by atomic mass is 79.9.